The third kappa shape index (κ3) is 5.03. The van der Waals surface area contributed by atoms with Crippen LogP contribution in [-0.2, 0) is 4.79 Å². The maximum atomic E-state index is 13.1. The standard InChI is InChI=1S/C21H32N2O2S/c1-5-23(6-2)20(25)21(14-8-7-9-15-21)22-19(24)17-10-12-18(13-11-17)26-16(3)4/h10-13,16H,5-9,14-15H2,1-4H3,(H,22,24). The number of benzene rings is 1. The molecule has 1 N–H and O–H groups in total. The Bertz CT molecular complexity index is 603. The number of likely N-dealkylation sites (N-methyl/N-ethyl adjacent to an activating group) is 1. The summed E-state index contributed by atoms with van der Waals surface area (Å²) in [6.07, 6.45) is 4.56. The first-order valence-corrected chi connectivity index (χ1v) is 10.7. The molecule has 2 amide bonds. The van der Waals surface area contributed by atoms with Crippen molar-refractivity contribution >= 4 is 23.6 Å². The van der Waals surface area contributed by atoms with Gasteiger partial charge in [-0.15, -0.1) is 11.8 Å². The number of hydrogen-bond acceptors (Lipinski definition) is 3. The van der Waals surface area contributed by atoms with Gasteiger partial charge in [-0.1, -0.05) is 33.1 Å². The van der Waals surface area contributed by atoms with Crippen molar-refractivity contribution < 1.29 is 9.59 Å². The summed E-state index contributed by atoms with van der Waals surface area (Å²) in [5.74, 6) is -0.0731. The minimum atomic E-state index is -0.743. The predicted octanol–water partition coefficient (Wildman–Crippen LogP) is 4.49. The fraction of sp³-hybridized carbons (Fsp3) is 0.619. The summed E-state index contributed by atoms with van der Waals surface area (Å²) in [7, 11) is 0. The van der Waals surface area contributed by atoms with Crippen LogP contribution >= 0.6 is 11.8 Å². The smallest absolute Gasteiger partial charge is 0.252 e. The zero-order valence-corrected chi connectivity index (χ0v) is 17.3. The monoisotopic (exact) mass is 376 g/mol. The van der Waals surface area contributed by atoms with Gasteiger partial charge in [0.2, 0.25) is 5.91 Å². The Balaban J connectivity index is 2.17. The second-order valence-electron chi connectivity index (χ2n) is 7.27. The Labute approximate surface area is 162 Å². The van der Waals surface area contributed by atoms with Gasteiger partial charge in [-0.3, -0.25) is 9.59 Å². The molecule has 1 aromatic rings. The van der Waals surface area contributed by atoms with Crippen LogP contribution in [0.15, 0.2) is 29.2 Å². The quantitative estimate of drug-likeness (QED) is 0.714. The van der Waals surface area contributed by atoms with Crippen molar-refractivity contribution in [1.29, 1.82) is 0 Å². The minimum Gasteiger partial charge on any atom is -0.341 e. The molecule has 4 nitrogen and oxygen atoms in total. The molecular weight excluding hydrogens is 344 g/mol. The number of nitrogens with one attached hydrogen (secondary N) is 1. The summed E-state index contributed by atoms with van der Waals surface area (Å²) in [6, 6.07) is 7.69. The summed E-state index contributed by atoms with van der Waals surface area (Å²) in [4.78, 5) is 29.0. The highest BCUT2D eigenvalue weighted by molar-refractivity contribution is 7.99. The van der Waals surface area contributed by atoms with E-state index < -0.39 is 5.54 Å². The zero-order valence-electron chi connectivity index (χ0n) is 16.5. The van der Waals surface area contributed by atoms with Gasteiger partial charge >= 0.3 is 0 Å². The van der Waals surface area contributed by atoms with E-state index in [-0.39, 0.29) is 11.8 Å². The molecule has 1 saturated carbocycles. The Hall–Kier alpha value is -1.49. The van der Waals surface area contributed by atoms with E-state index in [9.17, 15) is 9.59 Å². The lowest BCUT2D eigenvalue weighted by atomic mass is 9.80. The van der Waals surface area contributed by atoms with E-state index in [4.69, 9.17) is 0 Å². The van der Waals surface area contributed by atoms with Crippen LogP contribution in [0.2, 0.25) is 0 Å². The molecule has 144 valence electrons. The maximum Gasteiger partial charge on any atom is 0.252 e. The lowest BCUT2D eigenvalue weighted by Crippen LogP contribution is -2.60. The average molecular weight is 377 g/mol. The van der Waals surface area contributed by atoms with E-state index in [1.54, 1.807) is 11.8 Å². The zero-order chi connectivity index (χ0) is 19.2. The van der Waals surface area contributed by atoms with Gasteiger partial charge in [-0.2, -0.15) is 0 Å². The lowest BCUT2D eigenvalue weighted by molar-refractivity contribution is -0.139. The molecule has 1 aliphatic carbocycles. The molecule has 0 heterocycles. The molecule has 0 radical (unpaired) electrons. The van der Waals surface area contributed by atoms with Gasteiger partial charge < -0.3 is 10.2 Å². The van der Waals surface area contributed by atoms with Crippen LogP contribution in [0.3, 0.4) is 0 Å². The van der Waals surface area contributed by atoms with Gasteiger partial charge in [-0.05, 0) is 51.0 Å². The summed E-state index contributed by atoms with van der Waals surface area (Å²) in [5.41, 5.74) is -0.123. The molecule has 0 aromatic heterocycles. The second-order valence-corrected chi connectivity index (χ2v) is 8.92. The van der Waals surface area contributed by atoms with Crippen molar-refractivity contribution in [3.63, 3.8) is 0 Å². The fourth-order valence-electron chi connectivity index (χ4n) is 3.61. The van der Waals surface area contributed by atoms with Gasteiger partial charge in [0.25, 0.3) is 5.91 Å². The second kappa shape index (κ2) is 9.45. The van der Waals surface area contributed by atoms with Crippen LogP contribution in [0.1, 0.15) is 70.2 Å². The summed E-state index contributed by atoms with van der Waals surface area (Å²) in [6.45, 7) is 9.63. The van der Waals surface area contributed by atoms with E-state index in [0.717, 1.165) is 37.0 Å². The van der Waals surface area contributed by atoms with Crippen LogP contribution in [0.5, 0.6) is 0 Å². The molecular formula is C21H32N2O2S. The van der Waals surface area contributed by atoms with Crippen molar-refractivity contribution in [1.82, 2.24) is 10.2 Å². The third-order valence-corrected chi connectivity index (χ3v) is 6.02. The number of carbonyl (C=O) groups is 2. The van der Waals surface area contributed by atoms with E-state index in [2.05, 4.69) is 19.2 Å². The number of nitrogens with zero attached hydrogens (tertiary/aromatic N) is 1. The summed E-state index contributed by atoms with van der Waals surface area (Å²) in [5, 5.41) is 3.63. The highest BCUT2D eigenvalue weighted by Gasteiger charge is 2.42. The topological polar surface area (TPSA) is 49.4 Å². The summed E-state index contributed by atoms with van der Waals surface area (Å²) < 4.78 is 0. The Morgan fingerprint density at radius 3 is 2.15 bits per heavy atom. The largest absolute Gasteiger partial charge is 0.341 e. The van der Waals surface area contributed by atoms with Gasteiger partial charge in [0.1, 0.15) is 5.54 Å². The van der Waals surface area contributed by atoms with Crippen LogP contribution in [0.4, 0.5) is 0 Å². The van der Waals surface area contributed by atoms with Gasteiger partial charge in [0.15, 0.2) is 0 Å². The number of amides is 2. The fourth-order valence-corrected chi connectivity index (χ4v) is 4.45. The molecule has 1 fully saturated rings. The van der Waals surface area contributed by atoms with Gasteiger partial charge in [-0.25, -0.2) is 0 Å². The molecule has 1 aliphatic rings. The Morgan fingerprint density at radius 1 is 1.08 bits per heavy atom. The molecule has 0 saturated heterocycles. The predicted molar refractivity (Wildman–Crippen MR) is 109 cm³/mol. The van der Waals surface area contributed by atoms with E-state index in [1.165, 1.54) is 0 Å². The molecule has 0 spiro atoms. The van der Waals surface area contributed by atoms with Crippen molar-refractivity contribution in [2.24, 2.45) is 0 Å². The first-order chi connectivity index (χ1) is 12.4. The molecule has 1 aromatic carbocycles. The molecule has 0 unspecified atom stereocenters. The first-order valence-electron chi connectivity index (χ1n) is 9.80. The van der Waals surface area contributed by atoms with Gasteiger partial charge in [0.05, 0.1) is 0 Å². The van der Waals surface area contributed by atoms with Crippen molar-refractivity contribution in [2.45, 2.75) is 75.5 Å². The van der Waals surface area contributed by atoms with E-state index in [0.29, 0.717) is 23.9 Å². The van der Waals surface area contributed by atoms with Crippen molar-refractivity contribution in [3.05, 3.63) is 29.8 Å². The van der Waals surface area contributed by atoms with Crippen LogP contribution in [-0.4, -0.2) is 40.6 Å². The van der Waals surface area contributed by atoms with Crippen LogP contribution in [0.25, 0.3) is 0 Å². The van der Waals surface area contributed by atoms with E-state index >= 15 is 0 Å². The Morgan fingerprint density at radius 2 is 1.65 bits per heavy atom. The minimum absolute atomic E-state index is 0.0718. The number of carbonyl (C=O) groups excluding carboxylic acids is 2. The number of rotatable bonds is 7. The van der Waals surface area contributed by atoms with Crippen LogP contribution < -0.4 is 5.32 Å². The van der Waals surface area contributed by atoms with Crippen LogP contribution in [0, 0.1) is 0 Å². The highest BCUT2D eigenvalue weighted by atomic mass is 32.2. The summed E-state index contributed by atoms with van der Waals surface area (Å²) >= 11 is 1.78. The molecule has 0 aliphatic heterocycles. The van der Waals surface area contributed by atoms with Gasteiger partial charge in [0, 0.05) is 28.8 Å². The molecule has 5 heteroatoms. The highest BCUT2D eigenvalue weighted by Crippen LogP contribution is 2.31. The normalized spacial score (nSPS) is 16.3. The van der Waals surface area contributed by atoms with E-state index in [1.807, 2.05) is 43.0 Å². The van der Waals surface area contributed by atoms with Crippen molar-refractivity contribution in [2.75, 3.05) is 13.1 Å². The maximum absolute atomic E-state index is 13.1. The van der Waals surface area contributed by atoms with Crippen molar-refractivity contribution in [3.8, 4) is 0 Å². The third-order valence-electron chi connectivity index (χ3n) is 5.01. The first kappa shape index (κ1) is 20.8. The SMILES string of the molecule is CCN(CC)C(=O)C1(NC(=O)c2ccc(SC(C)C)cc2)CCCCC1. The average Bonchev–Trinajstić information content (AvgIpc) is 2.63. The number of thioether (sulfide) groups is 1. The molecule has 0 atom stereocenters. The lowest BCUT2D eigenvalue weighted by Gasteiger charge is -2.40. The number of hydrogen-bond donors (Lipinski definition) is 1. The molecule has 0 bridgehead atoms. The molecule has 26 heavy (non-hydrogen) atoms. The Kier molecular flexibility index (Phi) is 7.56. The molecule has 2 rings (SSSR count).